The molecule has 0 bridgehead atoms. The van der Waals surface area contributed by atoms with Crippen molar-refractivity contribution in [2.45, 2.75) is 26.7 Å². The van der Waals surface area contributed by atoms with Crippen molar-refractivity contribution in [2.24, 2.45) is 0 Å². The van der Waals surface area contributed by atoms with E-state index in [2.05, 4.69) is 26.0 Å². The summed E-state index contributed by atoms with van der Waals surface area (Å²) in [6.45, 7) is 10.1. The number of nitrogens with two attached hydrogens (primary N) is 1. The molecule has 0 aliphatic carbocycles. The third kappa shape index (κ3) is 1.60. The zero-order chi connectivity index (χ0) is 9.30. The van der Waals surface area contributed by atoms with E-state index in [-0.39, 0.29) is 0 Å². The van der Waals surface area contributed by atoms with Gasteiger partial charge in [-0.1, -0.05) is 19.1 Å². The van der Waals surface area contributed by atoms with Gasteiger partial charge in [0.2, 0.25) is 0 Å². The quantitative estimate of drug-likeness (QED) is 0.631. The Hall–Kier alpha value is -0.980. The van der Waals surface area contributed by atoms with Crippen molar-refractivity contribution in [1.82, 2.24) is 0 Å². The average molecular weight is 162 g/mol. The predicted molar refractivity (Wildman–Crippen MR) is 54.1 cm³/mol. The number of rotatable bonds is 1. The summed E-state index contributed by atoms with van der Waals surface area (Å²) in [5, 5.41) is 0. The van der Waals surface area contributed by atoms with Crippen LogP contribution in [0.2, 0.25) is 0 Å². The summed E-state index contributed by atoms with van der Waals surface area (Å²) in [4.78, 5) is 0. The van der Waals surface area contributed by atoms with Gasteiger partial charge >= 0.3 is 0 Å². The molecule has 1 rings (SSSR count). The van der Waals surface area contributed by atoms with E-state index in [1.807, 2.05) is 13.8 Å². The highest BCUT2D eigenvalue weighted by Crippen LogP contribution is 2.23. The molecule has 1 radical (unpaired) electrons. The van der Waals surface area contributed by atoms with E-state index in [0.29, 0.717) is 5.92 Å². The highest BCUT2D eigenvalue weighted by molar-refractivity contribution is 5.54. The van der Waals surface area contributed by atoms with Gasteiger partial charge in [0.25, 0.3) is 0 Å². The zero-order valence-electron chi connectivity index (χ0n) is 8.02. The number of benzene rings is 1. The van der Waals surface area contributed by atoms with Crippen molar-refractivity contribution in [3.8, 4) is 0 Å². The zero-order valence-corrected chi connectivity index (χ0v) is 8.02. The van der Waals surface area contributed by atoms with Crippen molar-refractivity contribution >= 4 is 5.69 Å². The Bertz CT molecular complexity index is 264. The Morgan fingerprint density at radius 3 is 2.00 bits per heavy atom. The van der Waals surface area contributed by atoms with Crippen molar-refractivity contribution in [1.29, 1.82) is 0 Å². The molecule has 0 saturated carbocycles. The van der Waals surface area contributed by atoms with Gasteiger partial charge in [-0.05, 0) is 43.4 Å². The first-order valence-corrected chi connectivity index (χ1v) is 4.22. The maximum atomic E-state index is 5.83. The van der Waals surface area contributed by atoms with Crippen molar-refractivity contribution in [2.75, 3.05) is 5.73 Å². The van der Waals surface area contributed by atoms with Gasteiger partial charge in [-0.3, -0.25) is 0 Å². The average Bonchev–Trinajstić information content (AvgIpc) is 1.99. The molecule has 0 spiro atoms. The van der Waals surface area contributed by atoms with Crippen molar-refractivity contribution in [3.63, 3.8) is 0 Å². The Labute approximate surface area is 74.6 Å². The van der Waals surface area contributed by atoms with E-state index in [1.165, 1.54) is 5.56 Å². The summed E-state index contributed by atoms with van der Waals surface area (Å²) >= 11 is 0. The van der Waals surface area contributed by atoms with E-state index < -0.39 is 0 Å². The molecule has 0 aliphatic heterocycles. The first-order valence-electron chi connectivity index (χ1n) is 4.22. The molecule has 1 nitrogen and oxygen atoms in total. The molecule has 0 aliphatic rings. The molecule has 12 heavy (non-hydrogen) atoms. The number of nitrogen functional groups attached to an aromatic ring is 1. The number of aryl methyl sites for hydroxylation is 2. The van der Waals surface area contributed by atoms with Gasteiger partial charge in [-0.15, -0.1) is 0 Å². The second-order valence-electron chi connectivity index (χ2n) is 3.47. The number of hydrogen-bond donors (Lipinski definition) is 1. The molecule has 2 N–H and O–H groups in total. The van der Waals surface area contributed by atoms with E-state index in [4.69, 9.17) is 5.73 Å². The maximum Gasteiger partial charge on any atom is 0.0373 e. The van der Waals surface area contributed by atoms with Gasteiger partial charge in [0.05, 0.1) is 0 Å². The van der Waals surface area contributed by atoms with Crippen LogP contribution in [-0.2, 0) is 0 Å². The molecule has 0 fully saturated rings. The van der Waals surface area contributed by atoms with Gasteiger partial charge in [0, 0.05) is 5.69 Å². The minimum atomic E-state index is 0.336. The highest BCUT2D eigenvalue weighted by Gasteiger charge is 2.03. The predicted octanol–water partition coefficient (Wildman–Crippen LogP) is 2.82. The number of hydrogen-bond acceptors (Lipinski definition) is 1. The van der Waals surface area contributed by atoms with Crippen LogP contribution in [0.3, 0.4) is 0 Å². The van der Waals surface area contributed by atoms with Crippen LogP contribution in [-0.4, -0.2) is 0 Å². The lowest BCUT2D eigenvalue weighted by molar-refractivity contribution is 0.958. The SMILES string of the molecule is [CH2]C(C)c1cc(C)c(N)c(C)c1. The molecule has 1 atom stereocenters. The molecule has 1 heteroatoms. The van der Waals surface area contributed by atoms with Gasteiger partial charge in [-0.25, -0.2) is 0 Å². The molecule has 1 aromatic rings. The largest absolute Gasteiger partial charge is 0.398 e. The lowest BCUT2D eigenvalue weighted by atomic mass is 9.97. The smallest absolute Gasteiger partial charge is 0.0373 e. The van der Waals surface area contributed by atoms with E-state index in [1.54, 1.807) is 0 Å². The van der Waals surface area contributed by atoms with Crippen LogP contribution in [0.4, 0.5) is 5.69 Å². The Morgan fingerprint density at radius 2 is 1.67 bits per heavy atom. The summed E-state index contributed by atoms with van der Waals surface area (Å²) in [5.41, 5.74) is 10.3. The molecule has 65 valence electrons. The lowest BCUT2D eigenvalue weighted by Gasteiger charge is -2.10. The normalized spacial score (nSPS) is 10.8. The first-order chi connectivity index (χ1) is 5.52. The molecule has 0 saturated heterocycles. The second kappa shape index (κ2) is 3.18. The van der Waals surface area contributed by atoms with Crippen LogP contribution >= 0.6 is 0 Å². The third-order valence-electron chi connectivity index (χ3n) is 2.19. The molecule has 0 heterocycles. The highest BCUT2D eigenvalue weighted by atomic mass is 14.6. The van der Waals surface area contributed by atoms with Gasteiger partial charge in [0.1, 0.15) is 0 Å². The van der Waals surface area contributed by atoms with Gasteiger partial charge < -0.3 is 5.73 Å². The lowest BCUT2D eigenvalue weighted by Crippen LogP contribution is -1.97. The summed E-state index contributed by atoms with van der Waals surface area (Å²) in [6.07, 6.45) is 0. The third-order valence-corrected chi connectivity index (χ3v) is 2.19. The maximum absolute atomic E-state index is 5.83. The van der Waals surface area contributed by atoms with E-state index in [0.717, 1.165) is 16.8 Å². The molecule has 0 amide bonds. The van der Waals surface area contributed by atoms with Crippen LogP contribution in [0.25, 0.3) is 0 Å². The molecule has 0 aromatic heterocycles. The van der Waals surface area contributed by atoms with Crippen LogP contribution in [0.1, 0.15) is 29.5 Å². The minimum Gasteiger partial charge on any atom is -0.398 e. The Kier molecular flexibility index (Phi) is 2.41. The first kappa shape index (κ1) is 9.11. The van der Waals surface area contributed by atoms with Crippen LogP contribution < -0.4 is 5.73 Å². The Balaban J connectivity index is 3.21. The van der Waals surface area contributed by atoms with Crippen molar-refractivity contribution < 1.29 is 0 Å². The molecular weight excluding hydrogens is 146 g/mol. The fourth-order valence-corrected chi connectivity index (χ4v) is 1.29. The van der Waals surface area contributed by atoms with Crippen LogP contribution in [0.15, 0.2) is 12.1 Å². The molecular formula is C11H16N. The topological polar surface area (TPSA) is 26.0 Å². The number of anilines is 1. The summed E-state index contributed by atoms with van der Waals surface area (Å²) in [7, 11) is 0. The van der Waals surface area contributed by atoms with Gasteiger partial charge in [-0.2, -0.15) is 0 Å². The van der Waals surface area contributed by atoms with E-state index >= 15 is 0 Å². The Morgan fingerprint density at radius 1 is 1.25 bits per heavy atom. The van der Waals surface area contributed by atoms with Crippen molar-refractivity contribution in [3.05, 3.63) is 35.7 Å². The standard InChI is InChI=1S/C11H16N/c1-7(2)10-5-8(3)11(12)9(4)6-10/h5-7H,1,12H2,2-4H3. The van der Waals surface area contributed by atoms with E-state index in [9.17, 15) is 0 Å². The molecule has 1 aromatic carbocycles. The fraction of sp³-hybridized carbons (Fsp3) is 0.364. The second-order valence-corrected chi connectivity index (χ2v) is 3.47. The minimum absolute atomic E-state index is 0.336. The van der Waals surface area contributed by atoms with Crippen LogP contribution in [0.5, 0.6) is 0 Å². The summed E-state index contributed by atoms with van der Waals surface area (Å²) < 4.78 is 0. The molecule has 1 unspecified atom stereocenters. The fourth-order valence-electron chi connectivity index (χ4n) is 1.29. The van der Waals surface area contributed by atoms with Gasteiger partial charge in [0.15, 0.2) is 0 Å². The summed E-state index contributed by atoms with van der Waals surface area (Å²) in [5.74, 6) is 0.336. The summed E-state index contributed by atoms with van der Waals surface area (Å²) in [6, 6.07) is 4.22. The van der Waals surface area contributed by atoms with Crippen LogP contribution in [0, 0.1) is 20.8 Å². The monoisotopic (exact) mass is 162 g/mol.